The highest BCUT2D eigenvalue weighted by Gasteiger charge is 2.15. The van der Waals surface area contributed by atoms with Crippen molar-refractivity contribution in [3.63, 3.8) is 0 Å². The average Bonchev–Trinajstić information content (AvgIpc) is 2.30. The minimum Gasteiger partial charge on any atom is -0.384 e. The van der Waals surface area contributed by atoms with Crippen LogP contribution in [0.2, 0.25) is 0 Å². The summed E-state index contributed by atoms with van der Waals surface area (Å²) in [6, 6.07) is 1.59. The van der Waals surface area contributed by atoms with E-state index < -0.39 is 0 Å². The summed E-state index contributed by atoms with van der Waals surface area (Å²) >= 11 is 3.32. The number of carbonyl (C=O) groups is 1. The number of halogens is 1. The van der Waals surface area contributed by atoms with Crippen LogP contribution in [-0.2, 0) is 0 Å². The van der Waals surface area contributed by atoms with Crippen molar-refractivity contribution in [2.45, 2.75) is 6.42 Å². The molecule has 0 saturated carbocycles. The van der Waals surface area contributed by atoms with Gasteiger partial charge >= 0.3 is 0 Å². The van der Waals surface area contributed by atoms with Crippen LogP contribution in [-0.4, -0.2) is 54.9 Å². The monoisotopic (exact) mass is 314 g/mol. The van der Waals surface area contributed by atoms with Crippen LogP contribution in [0, 0.1) is 0 Å². The van der Waals surface area contributed by atoms with E-state index in [1.54, 1.807) is 24.2 Å². The van der Waals surface area contributed by atoms with Gasteiger partial charge in [0.15, 0.2) is 0 Å². The van der Waals surface area contributed by atoms with Gasteiger partial charge in [-0.3, -0.25) is 4.79 Å². The van der Waals surface area contributed by atoms with E-state index in [9.17, 15) is 4.79 Å². The molecule has 0 bridgehead atoms. The normalized spacial score (nSPS) is 10.7. The Morgan fingerprint density at radius 3 is 2.67 bits per heavy atom. The smallest absolute Gasteiger partial charge is 0.254 e. The Labute approximate surface area is 116 Å². The predicted octanol–water partition coefficient (Wildman–Crippen LogP) is 1.45. The maximum Gasteiger partial charge on any atom is 0.254 e. The second-order valence-electron chi connectivity index (χ2n) is 4.47. The fraction of sp³-hybridized carbons (Fsp3) is 0.500. The third-order valence-electron chi connectivity index (χ3n) is 2.55. The first-order valence-corrected chi connectivity index (χ1v) is 6.52. The quantitative estimate of drug-likeness (QED) is 0.893. The molecule has 1 aromatic rings. The molecule has 0 aliphatic heterocycles. The van der Waals surface area contributed by atoms with Crippen molar-refractivity contribution in [2.24, 2.45) is 0 Å². The summed E-state index contributed by atoms with van der Waals surface area (Å²) in [5.74, 6) is 0.304. The summed E-state index contributed by atoms with van der Waals surface area (Å²) in [5, 5.41) is 0. The molecule has 0 saturated heterocycles. The summed E-state index contributed by atoms with van der Waals surface area (Å²) in [5.41, 5.74) is 6.15. The van der Waals surface area contributed by atoms with Crippen molar-refractivity contribution < 1.29 is 4.79 Å². The van der Waals surface area contributed by atoms with Gasteiger partial charge in [-0.2, -0.15) is 0 Å². The third-order valence-corrected chi connectivity index (χ3v) is 3.18. The van der Waals surface area contributed by atoms with Gasteiger partial charge in [-0.25, -0.2) is 4.98 Å². The van der Waals surface area contributed by atoms with Crippen LogP contribution in [0.5, 0.6) is 0 Å². The number of aromatic nitrogens is 1. The van der Waals surface area contributed by atoms with Crippen LogP contribution in [0.1, 0.15) is 16.8 Å². The van der Waals surface area contributed by atoms with Crippen LogP contribution in [0.4, 0.5) is 5.82 Å². The molecule has 1 heterocycles. The van der Waals surface area contributed by atoms with Crippen LogP contribution in [0.15, 0.2) is 16.7 Å². The number of nitrogens with two attached hydrogens (primary N) is 1. The van der Waals surface area contributed by atoms with Crippen molar-refractivity contribution in [3.8, 4) is 0 Å². The van der Waals surface area contributed by atoms with Gasteiger partial charge in [0.05, 0.1) is 5.56 Å². The zero-order valence-corrected chi connectivity index (χ0v) is 12.6. The molecule has 2 N–H and O–H groups in total. The van der Waals surface area contributed by atoms with Crippen molar-refractivity contribution in [2.75, 3.05) is 40.0 Å². The molecule has 0 fully saturated rings. The van der Waals surface area contributed by atoms with E-state index in [-0.39, 0.29) is 5.91 Å². The standard InChI is InChI=1S/C12H19BrN4O/c1-16(2)5-4-6-17(3)12(18)9-7-11(14)15-8-10(9)13/h7-8H,4-6H2,1-3H3,(H2,14,15). The van der Waals surface area contributed by atoms with Gasteiger partial charge in [0.2, 0.25) is 0 Å². The Bertz CT molecular complexity index is 423. The number of hydrogen-bond acceptors (Lipinski definition) is 4. The Kier molecular flexibility index (Phi) is 5.55. The Balaban J connectivity index is 2.65. The molecular formula is C12H19BrN4O. The number of nitrogens with zero attached hydrogens (tertiary/aromatic N) is 3. The molecule has 0 atom stereocenters. The zero-order chi connectivity index (χ0) is 13.7. The molecule has 100 valence electrons. The minimum absolute atomic E-state index is 0.0465. The molecule has 1 aromatic heterocycles. The van der Waals surface area contributed by atoms with Crippen molar-refractivity contribution in [3.05, 3.63) is 22.3 Å². The summed E-state index contributed by atoms with van der Waals surface area (Å²) in [4.78, 5) is 19.9. The zero-order valence-electron chi connectivity index (χ0n) is 11.0. The van der Waals surface area contributed by atoms with E-state index in [1.165, 1.54) is 0 Å². The molecule has 0 aliphatic rings. The average molecular weight is 315 g/mol. The highest BCUT2D eigenvalue weighted by atomic mass is 79.9. The topological polar surface area (TPSA) is 62.5 Å². The molecule has 0 radical (unpaired) electrons. The van der Waals surface area contributed by atoms with E-state index in [2.05, 4.69) is 25.8 Å². The van der Waals surface area contributed by atoms with Crippen molar-refractivity contribution in [1.29, 1.82) is 0 Å². The molecular weight excluding hydrogens is 296 g/mol. The molecule has 5 nitrogen and oxygen atoms in total. The number of rotatable bonds is 5. The Morgan fingerprint density at radius 1 is 1.39 bits per heavy atom. The highest BCUT2D eigenvalue weighted by Crippen LogP contribution is 2.18. The molecule has 18 heavy (non-hydrogen) atoms. The van der Waals surface area contributed by atoms with Gasteiger partial charge in [0.1, 0.15) is 5.82 Å². The number of carbonyl (C=O) groups excluding carboxylic acids is 1. The highest BCUT2D eigenvalue weighted by molar-refractivity contribution is 9.10. The fourth-order valence-electron chi connectivity index (χ4n) is 1.55. The molecule has 1 rings (SSSR count). The van der Waals surface area contributed by atoms with Crippen LogP contribution in [0.25, 0.3) is 0 Å². The minimum atomic E-state index is -0.0465. The lowest BCUT2D eigenvalue weighted by Crippen LogP contribution is -2.30. The summed E-state index contributed by atoms with van der Waals surface area (Å²) in [6.07, 6.45) is 2.49. The number of hydrogen-bond donors (Lipinski definition) is 1. The Morgan fingerprint density at radius 2 is 2.06 bits per heavy atom. The van der Waals surface area contributed by atoms with Gasteiger partial charge in [-0.05, 0) is 49.1 Å². The number of pyridine rings is 1. The van der Waals surface area contributed by atoms with Gasteiger partial charge in [-0.1, -0.05) is 0 Å². The first-order valence-electron chi connectivity index (χ1n) is 5.73. The summed E-state index contributed by atoms with van der Waals surface area (Å²) in [6.45, 7) is 1.67. The first-order chi connectivity index (χ1) is 8.41. The molecule has 0 unspecified atom stereocenters. The molecule has 0 spiro atoms. The van der Waals surface area contributed by atoms with Gasteiger partial charge in [-0.15, -0.1) is 0 Å². The molecule has 0 aliphatic carbocycles. The van der Waals surface area contributed by atoms with E-state index in [0.717, 1.165) is 13.0 Å². The van der Waals surface area contributed by atoms with Crippen molar-refractivity contribution in [1.82, 2.24) is 14.8 Å². The van der Waals surface area contributed by atoms with Crippen LogP contribution >= 0.6 is 15.9 Å². The largest absolute Gasteiger partial charge is 0.384 e. The van der Waals surface area contributed by atoms with Gasteiger partial charge in [0.25, 0.3) is 5.91 Å². The fourth-order valence-corrected chi connectivity index (χ4v) is 1.94. The van der Waals surface area contributed by atoms with Crippen LogP contribution < -0.4 is 5.73 Å². The second-order valence-corrected chi connectivity index (χ2v) is 5.33. The van der Waals surface area contributed by atoms with E-state index in [1.807, 2.05) is 14.1 Å². The maximum absolute atomic E-state index is 12.2. The number of nitrogen functional groups attached to an aromatic ring is 1. The molecule has 6 heteroatoms. The van der Waals surface area contributed by atoms with Gasteiger partial charge in [0, 0.05) is 24.3 Å². The number of amides is 1. The maximum atomic E-state index is 12.2. The predicted molar refractivity (Wildman–Crippen MR) is 76.5 cm³/mol. The van der Waals surface area contributed by atoms with Crippen molar-refractivity contribution >= 4 is 27.7 Å². The SMILES string of the molecule is CN(C)CCCN(C)C(=O)c1cc(N)ncc1Br. The Hall–Kier alpha value is -1.14. The van der Waals surface area contributed by atoms with E-state index in [0.29, 0.717) is 22.4 Å². The lowest BCUT2D eigenvalue weighted by molar-refractivity contribution is 0.0789. The number of anilines is 1. The van der Waals surface area contributed by atoms with E-state index >= 15 is 0 Å². The summed E-state index contributed by atoms with van der Waals surface area (Å²) in [7, 11) is 5.82. The first kappa shape index (κ1) is 14.9. The lowest BCUT2D eigenvalue weighted by atomic mass is 10.2. The van der Waals surface area contributed by atoms with E-state index in [4.69, 9.17) is 5.73 Å². The van der Waals surface area contributed by atoms with Crippen LogP contribution in [0.3, 0.4) is 0 Å². The summed E-state index contributed by atoms with van der Waals surface area (Å²) < 4.78 is 0.668. The molecule has 1 amide bonds. The molecule has 0 aromatic carbocycles. The second kappa shape index (κ2) is 6.70. The van der Waals surface area contributed by atoms with Gasteiger partial charge < -0.3 is 15.5 Å². The lowest BCUT2D eigenvalue weighted by Gasteiger charge is -2.19. The third kappa shape index (κ3) is 4.27.